The van der Waals surface area contributed by atoms with E-state index in [0.29, 0.717) is 16.5 Å². The summed E-state index contributed by atoms with van der Waals surface area (Å²) < 4.78 is 13.8. The second-order valence-corrected chi connectivity index (χ2v) is 4.85. The lowest BCUT2D eigenvalue weighted by Crippen LogP contribution is -2.25. The molecule has 0 amide bonds. The lowest BCUT2D eigenvalue weighted by molar-refractivity contribution is 0.378. The molecule has 1 nitrogen and oxygen atoms in total. The predicted molar refractivity (Wildman–Crippen MR) is 65.2 cm³/mol. The van der Waals surface area contributed by atoms with Gasteiger partial charge in [0.1, 0.15) is 5.82 Å². The summed E-state index contributed by atoms with van der Waals surface area (Å²) in [6.45, 7) is 0. The number of benzene rings is 1. The quantitative estimate of drug-likeness (QED) is 0.846. The van der Waals surface area contributed by atoms with Gasteiger partial charge in [0.05, 0.1) is 0 Å². The van der Waals surface area contributed by atoms with Crippen molar-refractivity contribution in [3.05, 3.63) is 34.6 Å². The monoisotopic (exact) mass is 241 g/mol. The molecule has 0 saturated heterocycles. The minimum absolute atomic E-state index is 0.0520. The van der Waals surface area contributed by atoms with Crippen LogP contribution in [0.4, 0.5) is 4.39 Å². The first-order valence-electron chi connectivity index (χ1n) is 5.85. The minimum atomic E-state index is -0.196. The van der Waals surface area contributed by atoms with Crippen molar-refractivity contribution in [2.75, 3.05) is 7.05 Å². The maximum Gasteiger partial charge on any atom is 0.129 e. The fourth-order valence-corrected chi connectivity index (χ4v) is 2.99. The first-order valence-corrected chi connectivity index (χ1v) is 6.23. The highest BCUT2D eigenvalue weighted by Gasteiger charge is 2.28. The average molecular weight is 242 g/mol. The SMILES string of the molecule is CNC(c1c(F)cccc1Cl)C1CCCC1. The summed E-state index contributed by atoms with van der Waals surface area (Å²) in [7, 11) is 1.88. The molecule has 1 aliphatic rings. The van der Waals surface area contributed by atoms with Crippen LogP contribution in [-0.2, 0) is 0 Å². The van der Waals surface area contributed by atoms with Crippen molar-refractivity contribution in [1.29, 1.82) is 0 Å². The molecule has 0 radical (unpaired) electrons. The zero-order valence-electron chi connectivity index (χ0n) is 9.47. The zero-order chi connectivity index (χ0) is 11.5. The Labute approximate surface area is 101 Å². The molecular weight excluding hydrogens is 225 g/mol. The van der Waals surface area contributed by atoms with E-state index >= 15 is 0 Å². The maximum absolute atomic E-state index is 13.8. The van der Waals surface area contributed by atoms with E-state index in [9.17, 15) is 4.39 Å². The summed E-state index contributed by atoms with van der Waals surface area (Å²) in [5, 5.41) is 3.75. The van der Waals surface area contributed by atoms with Gasteiger partial charge in [-0.2, -0.15) is 0 Å². The van der Waals surface area contributed by atoms with Crippen molar-refractivity contribution in [2.24, 2.45) is 5.92 Å². The van der Waals surface area contributed by atoms with E-state index in [-0.39, 0.29) is 11.9 Å². The Morgan fingerprint density at radius 1 is 1.38 bits per heavy atom. The highest BCUT2D eigenvalue weighted by atomic mass is 35.5. The average Bonchev–Trinajstić information content (AvgIpc) is 2.77. The number of hydrogen-bond donors (Lipinski definition) is 1. The van der Waals surface area contributed by atoms with Gasteiger partial charge in [-0.15, -0.1) is 0 Å². The topological polar surface area (TPSA) is 12.0 Å². The van der Waals surface area contributed by atoms with Crippen molar-refractivity contribution in [3.8, 4) is 0 Å². The van der Waals surface area contributed by atoms with Crippen LogP contribution in [0.2, 0.25) is 5.02 Å². The van der Waals surface area contributed by atoms with Crippen LogP contribution in [0.1, 0.15) is 37.3 Å². The molecule has 1 aromatic carbocycles. The molecule has 1 saturated carbocycles. The third kappa shape index (κ3) is 2.23. The summed E-state index contributed by atoms with van der Waals surface area (Å²) >= 11 is 6.10. The third-order valence-electron chi connectivity index (χ3n) is 3.49. The molecule has 1 aliphatic carbocycles. The summed E-state index contributed by atoms with van der Waals surface area (Å²) in [5.41, 5.74) is 0.638. The molecule has 0 spiro atoms. The Bertz CT molecular complexity index is 341. The normalized spacial score (nSPS) is 18.9. The fraction of sp³-hybridized carbons (Fsp3) is 0.538. The lowest BCUT2D eigenvalue weighted by Gasteiger charge is -2.24. The highest BCUT2D eigenvalue weighted by molar-refractivity contribution is 6.31. The molecule has 1 N–H and O–H groups in total. The molecule has 0 bridgehead atoms. The van der Waals surface area contributed by atoms with Gasteiger partial charge >= 0.3 is 0 Å². The zero-order valence-corrected chi connectivity index (χ0v) is 10.2. The number of rotatable bonds is 3. The van der Waals surface area contributed by atoms with Gasteiger partial charge in [0.15, 0.2) is 0 Å². The van der Waals surface area contributed by atoms with E-state index in [4.69, 9.17) is 11.6 Å². The van der Waals surface area contributed by atoms with Crippen LogP contribution in [0.15, 0.2) is 18.2 Å². The molecule has 1 unspecified atom stereocenters. The Morgan fingerprint density at radius 2 is 2.06 bits per heavy atom. The smallest absolute Gasteiger partial charge is 0.129 e. The van der Waals surface area contributed by atoms with Crippen LogP contribution in [0.25, 0.3) is 0 Å². The lowest BCUT2D eigenvalue weighted by atomic mass is 9.91. The second-order valence-electron chi connectivity index (χ2n) is 4.45. The van der Waals surface area contributed by atoms with E-state index in [0.717, 1.165) is 12.8 Å². The molecule has 88 valence electrons. The van der Waals surface area contributed by atoms with Gasteiger partial charge in [0.2, 0.25) is 0 Å². The summed E-state index contributed by atoms with van der Waals surface area (Å²) in [4.78, 5) is 0. The van der Waals surface area contributed by atoms with Gasteiger partial charge in [-0.1, -0.05) is 30.5 Å². The Hall–Kier alpha value is -0.600. The van der Waals surface area contributed by atoms with Gasteiger partial charge in [-0.05, 0) is 37.9 Å². The predicted octanol–water partition coefficient (Wildman–Crippen LogP) is 3.93. The second kappa shape index (κ2) is 5.15. The van der Waals surface area contributed by atoms with Crippen molar-refractivity contribution in [1.82, 2.24) is 5.32 Å². The molecule has 1 atom stereocenters. The molecule has 0 heterocycles. The van der Waals surface area contributed by atoms with E-state index in [1.807, 2.05) is 7.05 Å². The van der Waals surface area contributed by atoms with Crippen LogP contribution in [0.5, 0.6) is 0 Å². The number of hydrogen-bond acceptors (Lipinski definition) is 1. The fourth-order valence-electron chi connectivity index (χ4n) is 2.71. The molecule has 1 aromatic rings. The first-order chi connectivity index (χ1) is 7.74. The van der Waals surface area contributed by atoms with Gasteiger partial charge in [-0.3, -0.25) is 0 Å². The molecule has 1 fully saturated rings. The van der Waals surface area contributed by atoms with E-state index in [1.54, 1.807) is 12.1 Å². The summed E-state index contributed by atoms with van der Waals surface area (Å²) in [6.07, 6.45) is 4.82. The van der Waals surface area contributed by atoms with Crippen LogP contribution < -0.4 is 5.32 Å². The van der Waals surface area contributed by atoms with Crippen LogP contribution >= 0.6 is 11.6 Å². The Balaban J connectivity index is 2.32. The van der Waals surface area contributed by atoms with Crippen molar-refractivity contribution in [3.63, 3.8) is 0 Å². The van der Waals surface area contributed by atoms with Crippen molar-refractivity contribution in [2.45, 2.75) is 31.7 Å². The summed E-state index contributed by atoms with van der Waals surface area (Å²) in [5.74, 6) is 0.318. The maximum atomic E-state index is 13.8. The number of nitrogens with one attached hydrogen (secondary N) is 1. The minimum Gasteiger partial charge on any atom is -0.313 e. The van der Waals surface area contributed by atoms with E-state index < -0.39 is 0 Å². The third-order valence-corrected chi connectivity index (χ3v) is 3.82. The van der Waals surface area contributed by atoms with Crippen LogP contribution in [0.3, 0.4) is 0 Å². The standard InChI is InChI=1S/C13H17ClFN/c1-16-13(9-5-2-3-6-9)12-10(14)7-4-8-11(12)15/h4,7-9,13,16H,2-3,5-6H2,1H3. The largest absolute Gasteiger partial charge is 0.313 e. The molecule has 0 aromatic heterocycles. The highest BCUT2D eigenvalue weighted by Crippen LogP contribution is 2.38. The van der Waals surface area contributed by atoms with E-state index in [1.165, 1.54) is 18.9 Å². The van der Waals surface area contributed by atoms with Gasteiger partial charge in [0, 0.05) is 16.6 Å². The molecule has 0 aliphatic heterocycles. The molecule has 2 rings (SSSR count). The summed E-state index contributed by atoms with van der Waals surface area (Å²) in [6, 6.07) is 4.96. The Kier molecular flexibility index (Phi) is 3.82. The number of halogens is 2. The van der Waals surface area contributed by atoms with Gasteiger partial charge in [-0.25, -0.2) is 4.39 Å². The Morgan fingerprint density at radius 3 is 2.62 bits per heavy atom. The van der Waals surface area contributed by atoms with Crippen LogP contribution in [0, 0.1) is 11.7 Å². The first kappa shape index (κ1) is 11.9. The van der Waals surface area contributed by atoms with E-state index in [2.05, 4.69) is 5.32 Å². The van der Waals surface area contributed by atoms with Crippen molar-refractivity contribution < 1.29 is 4.39 Å². The molecule has 16 heavy (non-hydrogen) atoms. The van der Waals surface area contributed by atoms with Crippen LogP contribution in [-0.4, -0.2) is 7.05 Å². The molecular formula is C13H17ClFN. The van der Waals surface area contributed by atoms with Crippen molar-refractivity contribution >= 4 is 11.6 Å². The van der Waals surface area contributed by atoms with Gasteiger partial charge in [0.25, 0.3) is 0 Å². The van der Waals surface area contributed by atoms with Gasteiger partial charge < -0.3 is 5.32 Å². The molecule has 3 heteroatoms.